The van der Waals surface area contributed by atoms with Gasteiger partial charge >= 0.3 is 0 Å². The molecule has 2 aromatic carbocycles. The first kappa shape index (κ1) is 16.3. The van der Waals surface area contributed by atoms with Crippen molar-refractivity contribution in [3.8, 4) is 11.1 Å². The number of anilines is 1. The Kier molecular flexibility index (Phi) is 4.96. The molecule has 0 aliphatic carbocycles. The average molecular weight is 338 g/mol. The third-order valence-electron chi connectivity index (χ3n) is 3.46. The fraction of sp³-hybridized carbons (Fsp3) is 0.167. The van der Waals surface area contributed by atoms with Crippen LogP contribution in [0.15, 0.2) is 53.9 Å². The monoisotopic (exact) mass is 338 g/mol. The molecule has 3 aromatic rings. The van der Waals surface area contributed by atoms with E-state index in [0.717, 1.165) is 11.3 Å². The van der Waals surface area contributed by atoms with Gasteiger partial charge in [0, 0.05) is 5.69 Å². The number of H-pyrrole nitrogens is 1. The topological polar surface area (TPSA) is 70.7 Å². The number of thioether (sulfide) groups is 1. The van der Waals surface area contributed by atoms with Gasteiger partial charge in [-0.3, -0.25) is 4.79 Å². The fourth-order valence-corrected chi connectivity index (χ4v) is 3.06. The van der Waals surface area contributed by atoms with Crippen LogP contribution in [0.5, 0.6) is 0 Å². The van der Waals surface area contributed by atoms with Crippen molar-refractivity contribution >= 4 is 23.4 Å². The van der Waals surface area contributed by atoms with E-state index in [0.29, 0.717) is 5.16 Å². The normalized spacial score (nSPS) is 10.6. The molecule has 0 saturated heterocycles. The third kappa shape index (κ3) is 4.23. The lowest BCUT2D eigenvalue weighted by molar-refractivity contribution is -0.113. The predicted octanol–water partition coefficient (Wildman–Crippen LogP) is 3.82. The third-order valence-corrected chi connectivity index (χ3v) is 4.34. The highest BCUT2D eigenvalue weighted by atomic mass is 32.2. The summed E-state index contributed by atoms with van der Waals surface area (Å²) in [4.78, 5) is 14.8. The summed E-state index contributed by atoms with van der Waals surface area (Å²) >= 11 is 1.32. The van der Waals surface area contributed by atoms with Crippen LogP contribution in [0.25, 0.3) is 11.1 Å². The van der Waals surface area contributed by atoms with Gasteiger partial charge in [0.05, 0.1) is 5.75 Å². The van der Waals surface area contributed by atoms with Gasteiger partial charge in [0.15, 0.2) is 5.16 Å². The summed E-state index contributed by atoms with van der Waals surface area (Å²) in [5.41, 5.74) is 5.59. The summed E-state index contributed by atoms with van der Waals surface area (Å²) in [6.07, 6.45) is 1.49. The Bertz CT molecular complexity index is 808. The Morgan fingerprint density at radius 2 is 1.79 bits per heavy atom. The van der Waals surface area contributed by atoms with Crippen molar-refractivity contribution < 1.29 is 4.79 Å². The van der Waals surface area contributed by atoms with E-state index < -0.39 is 0 Å². The first-order chi connectivity index (χ1) is 11.6. The number of carbonyl (C=O) groups is 1. The van der Waals surface area contributed by atoms with Crippen LogP contribution in [0, 0.1) is 13.8 Å². The number of aromatic nitrogens is 3. The number of rotatable bonds is 5. The number of nitrogens with one attached hydrogen (secondary N) is 2. The van der Waals surface area contributed by atoms with E-state index in [1.165, 1.54) is 34.8 Å². The van der Waals surface area contributed by atoms with Gasteiger partial charge in [-0.15, -0.1) is 10.2 Å². The minimum absolute atomic E-state index is 0.0736. The molecule has 0 aliphatic heterocycles. The molecule has 24 heavy (non-hydrogen) atoms. The second kappa shape index (κ2) is 7.31. The van der Waals surface area contributed by atoms with Crippen LogP contribution >= 0.6 is 11.8 Å². The fourth-order valence-electron chi connectivity index (χ4n) is 2.48. The van der Waals surface area contributed by atoms with Gasteiger partial charge in [0.25, 0.3) is 0 Å². The summed E-state index contributed by atoms with van der Waals surface area (Å²) in [6, 6.07) is 14.4. The van der Waals surface area contributed by atoms with Crippen molar-refractivity contribution in [2.24, 2.45) is 0 Å². The Labute approximate surface area is 144 Å². The first-order valence-corrected chi connectivity index (χ1v) is 8.56. The molecule has 1 heterocycles. The minimum atomic E-state index is -0.0736. The van der Waals surface area contributed by atoms with Crippen molar-refractivity contribution in [1.82, 2.24) is 15.2 Å². The van der Waals surface area contributed by atoms with Crippen LogP contribution in [0.4, 0.5) is 5.69 Å². The Morgan fingerprint density at radius 3 is 2.42 bits per heavy atom. The summed E-state index contributed by atoms with van der Waals surface area (Å²) in [7, 11) is 0. The zero-order valence-electron chi connectivity index (χ0n) is 13.5. The Balaban J connectivity index is 1.62. The molecule has 0 radical (unpaired) electrons. The van der Waals surface area contributed by atoms with E-state index in [9.17, 15) is 4.79 Å². The number of aryl methyl sites for hydroxylation is 2. The van der Waals surface area contributed by atoms with Gasteiger partial charge in [0.1, 0.15) is 6.33 Å². The SMILES string of the molecule is Cc1cc(C)cc(-c2ccc(NC(=O)CSc3nnc[nH]3)cc2)c1. The summed E-state index contributed by atoms with van der Waals surface area (Å²) in [5, 5.41) is 11.0. The lowest BCUT2D eigenvalue weighted by atomic mass is 10.0. The molecular weight excluding hydrogens is 320 g/mol. The second-order valence-corrected chi connectivity index (χ2v) is 6.55. The van der Waals surface area contributed by atoms with Crippen LogP contribution in [0.1, 0.15) is 11.1 Å². The van der Waals surface area contributed by atoms with E-state index in [2.05, 4.69) is 52.5 Å². The van der Waals surface area contributed by atoms with Crippen molar-refractivity contribution in [2.45, 2.75) is 19.0 Å². The second-order valence-electron chi connectivity index (χ2n) is 5.58. The van der Waals surface area contributed by atoms with Gasteiger partial charge < -0.3 is 10.3 Å². The van der Waals surface area contributed by atoms with Crippen molar-refractivity contribution in [3.63, 3.8) is 0 Å². The maximum Gasteiger partial charge on any atom is 0.234 e. The number of benzene rings is 2. The van der Waals surface area contributed by atoms with Crippen molar-refractivity contribution in [1.29, 1.82) is 0 Å². The highest BCUT2D eigenvalue weighted by Gasteiger charge is 2.06. The molecular formula is C18H18N4OS. The van der Waals surface area contributed by atoms with Gasteiger partial charge in [-0.25, -0.2) is 0 Å². The number of amides is 1. The molecule has 0 aliphatic rings. The largest absolute Gasteiger partial charge is 0.325 e. The van der Waals surface area contributed by atoms with Gasteiger partial charge in [-0.05, 0) is 37.1 Å². The maximum atomic E-state index is 12.0. The first-order valence-electron chi connectivity index (χ1n) is 7.57. The minimum Gasteiger partial charge on any atom is -0.325 e. The lowest BCUT2D eigenvalue weighted by Crippen LogP contribution is -2.14. The summed E-state index contributed by atoms with van der Waals surface area (Å²) < 4.78 is 0. The molecule has 0 bridgehead atoms. The van der Waals surface area contributed by atoms with E-state index in [1.54, 1.807) is 0 Å². The Morgan fingerprint density at radius 1 is 1.08 bits per heavy atom. The van der Waals surface area contributed by atoms with Crippen LogP contribution < -0.4 is 5.32 Å². The molecule has 3 rings (SSSR count). The molecule has 1 amide bonds. The molecule has 0 fully saturated rings. The molecule has 0 unspecified atom stereocenters. The highest BCUT2D eigenvalue weighted by Crippen LogP contribution is 2.24. The van der Waals surface area contributed by atoms with E-state index in [4.69, 9.17) is 0 Å². The predicted molar refractivity (Wildman–Crippen MR) is 97.1 cm³/mol. The van der Waals surface area contributed by atoms with Crippen LogP contribution in [-0.4, -0.2) is 26.8 Å². The maximum absolute atomic E-state index is 12.0. The number of carbonyl (C=O) groups excluding carboxylic acids is 1. The molecule has 0 spiro atoms. The van der Waals surface area contributed by atoms with Gasteiger partial charge in [-0.2, -0.15) is 0 Å². The number of hydrogen-bond donors (Lipinski definition) is 2. The zero-order chi connectivity index (χ0) is 16.9. The van der Waals surface area contributed by atoms with E-state index >= 15 is 0 Å². The standard InChI is InChI=1S/C18H18N4OS/c1-12-7-13(2)9-15(8-12)14-3-5-16(6-4-14)21-17(23)10-24-18-19-11-20-22-18/h3-9,11H,10H2,1-2H3,(H,21,23)(H,19,20,22). The smallest absolute Gasteiger partial charge is 0.234 e. The molecule has 122 valence electrons. The van der Waals surface area contributed by atoms with Crippen LogP contribution in [0.3, 0.4) is 0 Å². The lowest BCUT2D eigenvalue weighted by Gasteiger charge is -2.08. The molecule has 1 aromatic heterocycles. The number of nitrogens with zero attached hydrogens (tertiary/aromatic N) is 2. The van der Waals surface area contributed by atoms with E-state index in [-0.39, 0.29) is 11.7 Å². The van der Waals surface area contributed by atoms with Crippen molar-refractivity contribution in [3.05, 3.63) is 59.9 Å². The van der Waals surface area contributed by atoms with Gasteiger partial charge in [0.2, 0.25) is 5.91 Å². The molecule has 2 N–H and O–H groups in total. The zero-order valence-corrected chi connectivity index (χ0v) is 14.4. The molecule has 0 atom stereocenters. The summed E-state index contributed by atoms with van der Waals surface area (Å²) in [6.45, 7) is 4.19. The molecule has 6 heteroatoms. The molecule has 0 saturated carbocycles. The number of aromatic amines is 1. The summed E-state index contributed by atoms with van der Waals surface area (Å²) in [5.74, 6) is 0.212. The van der Waals surface area contributed by atoms with Crippen LogP contribution in [0.2, 0.25) is 0 Å². The molecule has 5 nitrogen and oxygen atoms in total. The van der Waals surface area contributed by atoms with Crippen LogP contribution in [-0.2, 0) is 4.79 Å². The quantitative estimate of drug-likeness (QED) is 0.694. The Hall–Kier alpha value is -2.60. The highest BCUT2D eigenvalue weighted by molar-refractivity contribution is 7.99. The average Bonchev–Trinajstić information content (AvgIpc) is 3.06. The van der Waals surface area contributed by atoms with Gasteiger partial charge in [-0.1, -0.05) is 53.2 Å². The van der Waals surface area contributed by atoms with E-state index in [1.807, 2.05) is 24.3 Å². The number of hydrogen-bond acceptors (Lipinski definition) is 4. The van der Waals surface area contributed by atoms with Crippen molar-refractivity contribution in [2.75, 3.05) is 11.1 Å².